The first-order valence-electron chi connectivity index (χ1n) is 6.85. The van der Waals surface area contributed by atoms with Crippen molar-refractivity contribution in [1.29, 1.82) is 0 Å². The minimum absolute atomic E-state index is 0.352. The topological polar surface area (TPSA) is 44.1 Å². The highest BCUT2D eigenvalue weighted by Crippen LogP contribution is 2.20. The minimum Gasteiger partial charge on any atom is -0.463 e. The van der Waals surface area contributed by atoms with Crippen LogP contribution in [0.1, 0.15) is 25.3 Å². The second-order valence-corrected chi connectivity index (χ2v) is 4.94. The first-order chi connectivity index (χ1) is 10.2. The van der Waals surface area contributed by atoms with E-state index in [1.54, 1.807) is 29.1 Å². The first kappa shape index (κ1) is 15.3. The Labute approximate surface area is 129 Å². The molecule has 0 bridgehead atoms. The predicted octanol–water partition coefficient (Wildman–Crippen LogP) is 3.88. The van der Waals surface area contributed by atoms with Crippen LogP contribution in [-0.2, 0) is 9.53 Å². The number of carbonyl (C=O) groups is 1. The number of benzene rings is 1. The molecular formula is C16H17ClN2O2. The van der Waals surface area contributed by atoms with Crippen molar-refractivity contribution in [2.45, 2.75) is 19.8 Å². The standard InChI is InChI=1S/C16H17ClN2O2/c1-2-3-11-21-16(20)8-5-13-12-14(17)6-7-15(13)19-10-4-9-18-19/h4-10,12H,2-3,11H2,1H3/b8-5+. The number of ether oxygens (including phenoxy) is 1. The summed E-state index contributed by atoms with van der Waals surface area (Å²) >= 11 is 6.02. The fourth-order valence-electron chi connectivity index (χ4n) is 1.80. The Kier molecular flexibility index (Phi) is 5.58. The van der Waals surface area contributed by atoms with Crippen LogP contribution in [0, 0.1) is 0 Å². The third kappa shape index (κ3) is 4.46. The molecule has 1 aromatic carbocycles. The molecule has 21 heavy (non-hydrogen) atoms. The Balaban J connectivity index is 2.15. The lowest BCUT2D eigenvalue weighted by molar-refractivity contribution is -0.137. The molecule has 0 amide bonds. The molecule has 1 heterocycles. The molecule has 0 saturated carbocycles. The molecule has 0 aliphatic heterocycles. The van der Waals surface area contributed by atoms with Crippen LogP contribution in [0.3, 0.4) is 0 Å². The zero-order chi connectivity index (χ0) is 15.1. The van der Waals surface area contributed by atoms with Gasteiger partial charge >= 0.3 is 5.97 Å². The normalized spacial score (nSPS) is 11.0. The molecule has 2 rings (SSSR count). The average molecular weight is 305 g/mol. The highest BCUT2D eigenvalue weighted by Gasteiger charge is 2.04. The molecule has 1 aromatic heterocycles. The number of carbonyl (C=O) groups excluding carboxylic acids is 1. The van der Waals surface area contributed by atoms with Crippen LogP contribution in [0.2, 0.25) is 5.02 Å². The third-order valence-electron chi connectivity index (χ3n) is 2.88. The fourth-order valence-corrected chi connectivity index (χ4v) is 1.98. The van der Waals surface area contributed by atoms with E-state index in [1.807, 2.05) is 25.3 Å². The molecule has 0 aliphatic rings. The summed E-state index contributed by atoms with van der Waals surface area (Å²) < 4.78 is 6.80. The summed E-state index contributed by atoms with van der Waals surface area (Å²) in [5, 5.41) is 4.79. The molecule has 0 atom stereocenters. The van der Waals surface area contributed by atoms with Crippen molar-refractivity contribution in [3.8, 4) is 5.69 Å². The van der Waals surface area contributed by atoms with Gasteiger partial charge < -0.3 is 4.74 Å². The molecule has 0 unspecified atom stereocenters. The quantitative estimate of drug-likeness (QED) is 0.462. The first-order valence-corrected chi connectivity index (χ1v) is 7.23. The Morgan fingerprint density at radius 3 is 3.05 bits per heavy atom. The highest BCUT2D eigenvalue weighted by atomic mass is 35.5. The molecule has 0 fully saturated rings. The summed E-state index contributed by atoms with van der Waals surface area (Å²) in [6.45, 7) is 2.49. The SMILES string of the molecule is CCCCOC(=O)/C=C/c1cc(Cl)ccc1-n1cccn1. The van der Waals surface area contributed by atoms with E-state index < -0.39 is 0 Å². The Morgan fingerprint density at radius 1 is 1.48 bits per heavy atom. The third-order valence-corrected chi connectivity index (χ3v) is 3.12. The summed E-state index contributed by atoms with van der Waals surface area (Å²) in [7, 11) is 0. The smallest absolute Gasteiger partial charge is 0.330 e. The molecular weight excluding hydrogens is 288 g/mol. The van der Waals surface area contributed by atoms with Crippen LogP contribution in [0.4, 0.5) is 0 Å². The van der Waals surface area contributed by atoms with Crippen LogP contribution < -0.4 is 0 Å². The summed E-state index contributed by atoms with van der Waals surface area (Å²) in [4.78, 5) is 11.6. The summed E-state index contributed by atoms with van der Waals surface area (Å²) in [5.41, 5.74) is 1.65. The number of esters is 1. The largest absolute Gasteiger partial charge is 0.463 e. The number of nitrogens with zero attached hydrogens (tertiary/aromatic N) is 2. The number of hydrogen-bond donors (Lipinski definition) is 0. The van der Waals surface area contributed by atoms with Crippen LogP contribution in [0.25, 0.3) is 11.8 Å². The van der Waals surface area contributed by atoms with Gasteiger partial charge in [0.05, 0.1) is 12.3 Å². The van der Waals surface area contributed by atoms with E-state index in [1.165, 1.54) is 6.08 Å². The van der Waals surface area contributed by atoms with Gasteiger partial charge in [-0.15, -0.1) is 0 Å². The van der Waals surface area contributed by atoms with Crippen molar-refractivity contribution in [2.24, 2.45) is 0 Å². The van der Waals surface area contributed by atoms with Gasteiger partial charge in [0.1, 0.15) is 0 Å². The summed E-state index contributed by atoms with van der Waals surface area (Å²) in [6.07, 6.45) is 8.50. The zero-order valence-corrected chi connectivity index (χ0v) is 12.6. The number of aromatic nitrogens is 2. The van der Waals surface area contributed by atoms with Crippen molar-refractivity contribution >= 4 is 23.6 Å². The van der Waals surface area contributed by atoms with Crippen molar-refractivity contribution < 1.29 is 9.53 Å². The van der Waals surface area contributed by atoms with Crippen molar-refractivity contribution in [2.75, 3.05) is 6.61 Å². The maximum absolute atomic E-state index is 11.6. The molecule has 4 nitrogen and oxygen atoms in total. The molecule has 2 aromatic rings. The van der Waals surface area contributed by atoms with Gasteiger partial charge in [-0.25, -0.2) is 9.48 Å². The Bertz CT molecular complexity index is 621. The lowest BCUT2D eigenvalue weighted by Gasteiger charge is -2.06. The van der Waals surface area contributed by atoms with Gasteiger partial charge in [-0.1, -0.05) is 24.9 Å². The van der Waals surface area contributed by atoms with Gasteiger partial charge in [0.25, 0.3) is 0 Å². The van der Waals surface area contributed by atoms with Crippen LogP contribution >= 0.6 is 11.6 Å². The Morgan fingerprint density at radius 2 is 2.33 bits per heavy atom. The summed E-state index contributed by atoms with van der Waals surface area (Å²) in [5.74, 6) is -0.352. The molecule has 0 spiro atoms. The predicted molar refractivity (Wildman–Crippen MR) is 83.5 cm³/mol. The molecule has 0 N–H and O–H groups in total. The van der Waals surface area contributed by atoms with Crippen molar-refractivity contribution in [3.63, 3.8) is 0 Å². The second-order valence-electron chi connectivity index (χ2n) is 4.51. The van der Waals surface area contributed by atoms with Gasteiger partial charge in [-0.3, -0.25) is 0 Å². The van der Waals surface area contributed by atoms with E-state index in [0.29, 0.717) is 11.6 Å². The van der Waals surface area contributed by atoms with E-state index in [4.69, 9.17) is 16.3 Å². The molecule has 0 saturated heterocycles. The van der Waals surface area contributed by atoms with E-state index >= 15 is 0 Å². The van der Waals surface area contributed by atoms with Gasteiger partial charge in [-0.05, 0) is 36.8 Å². The number of halogens is 1. The maximum Gasteiger partial charge on any atom is 0.330 e. The number of unbranched alkanes of at least 4 members (excludes halogenated alkanes) is 1. The summed E-state index contributed by atoms with van der Waals surface area (Å²) in [6, 6.07) is 7.27. The maximum atomic E-state index is 11.6. The van der Waals surface area contributed by atoms with Crippen LogP contribution in [0.15, 0.2) is 42.7 Å². The minimum atomic E-state index is -0.352. The van der Waals surface area contributed by atoms with Crippen molar-refractivity contribution in [1.82, 2.24) is 9.78 Å². The van der Waals surface area contributed by atoms with Gasteiger partial charge in [0, 0.05) is 29.1 Å². The van der Waals surface area contributed by atoms with Gasteiger partial charge in [0.15, 0.2) is 0 Å². The van der Waals surface area contributed by atoms with Gasteiger partial charge in [0.2, 0.25) is 0 Å². The molecule has 110 valence electrons. The molecule has 5 heteroatoms. The lowest BCUT2D eigenvalue weighted by atomic mass is 10.1. The number of rotatable bonds is 6. The monoisotopic (exact) mass is 304 g/mol. The van der Waals surface area contributed by atoms with E-state index in [-0.39, 0.29) is 5.97 Å². The van der Waals surface area contributed by atoms with E-state index in [0.717, 1.165) is 24.1 Å². The Hall–Kier alpha value is -2.07. The fraction of sp³-hybridized carbons (Fsp3) is 0.250. The second kappa shape index (κ2) is 7.64. The van der Waals surface area contributed by atoms with Crippen LogP contribution in [-0.4, -0.2) is 22.4 Å². The lowest BCUT2D eigenvalue weighted by Crippen LogP contribution is -2.02. The zero-order valence-electron chi connectivity index (χ0n) is 11.8. The highest BCUT2D eigenvalue weighted by molar-refractivity contribution is 6.30. The number of hydrogen-bond acceptors (Lipinski definition) is 3. The van der Waals surface area contributed by atoms with Crippen molar-refractivity contribution in [3.05, 3.63) is 53.3 Å². The van der Waals surface area contributed by atoms with E-state index in [9.17, 15) is 4.79 Å². The van der Waals surface area contributed by atoms with E-state index in [2.05, 4.69) is 5.10 Å². The molecule has 0 radical (unpaired) electrons. The molecule has 0 aliphatic carbocycles. The average Bonchev–Trinajstić information content (AvgIpc) is 2.99. The van der Waals surface area contributed by atoms with Crippen LogP contribution in [0.5, 0.6) is 0 Å². The van der Waals surface area contributed by atoms with Gasteiger partial charge in [-0.2, -0.15) is 5.10 Å².